The van der Waals surface area contributed by atoms with Gasteiger partial charge >= 0.3 is 0 Å². The van der Waals surface area contributed by atoms with Crippen LogP contribution in [-0.2, 0) is 0 Å². The van der Waals surface area contributed by atoms with Gasteiger partial charge in [-0.25, -0.2) is 18.6 Å². The molecule has 164 valence electrons. The van der Waals surface area contributed by atoms with Crippen molar-refractivity contribution in [2.24, 2.45) is 11.7 Å². The number of carbonyl (C=O) groups is 1. The van der Waals surface area contributed by atoms with Gasteiger partial charge in [-0.2, -0.15) is 0 Å². The molecule has 9 heteroatoms. The number of nitrogens with two attached hydrogens (primary N) is 1. The predicted molar refractivity (Wildman–Crippen MR) is 115 cm³/mol. The molecular weight excluding hydrogens is 416 g/mol. The number of hydrogen-bond donors (Lipinski definition) is 1. The molecule has 0 saturated carbocycles. The molecule has 2 aromatic carbocycles. The third-order valence-electron chi connectivity index (χ3n) is 5.61. The number of carbonyl (C=O) groups excluding carboxylic acids is 1. The van der Waals surface area contributed by atoms with Crippen molar-refractivity contribution in [1.29, 1.82) is 0 Å². The maximum Gasteiger partial charge on any atom is 0.274 e. The summed E-state index contributed by atoms with van der Waals surface area (Å²) >= 11 is 0. The molecule has 0 unspecified atom stereocenters. The Balaban J connectivity index is 1.86. The maximum atomic E-state index is 14.5. The van der Waals surface area contributed by atoms with Gasteiger partial charge < -0.3 is 15.4 Å². The summed E-state index contributed by atoms with van der Waals surface area (Å²) in [6.07, 6.45) is 0. The standard InChI is InChI=1S/C23H21F2N5O2/c1-13-21(23(31)29-11-14(10-26)12-29)28-22(15-4-6-19(27-2)17(24)8-15)30(13)16-5-7-20(32-3)18(25)9-16/h4-9,14H,10-12,26H2,1,3H3. The Morgan fingerprint density at radius 1 is 1.25 bits per heavy atom. The number of nitrogens with zero attached hydrogens (tertiary/aromatic N) is 4. The van der Waals surface area contributed by atoms with Crippen LogP contribution >= 0.6 is 0 Å². The van der Waals surface area contributed by atoms with E-state index in [0.29, 0.717) is 36.6 Å². The maximum absolute atomic E-state index is 14.5. The van der Waals surface area contributed by atoms with Gasteiger partial charge in [-0.05, 0) is 31.7 Å². The topological polar surface area (TPSA) is 77.7 Å². The first-order chi connectivity index (χ1) is 15.4. The first kappa shape index (κ1) is 21.5. The summed E-state index contributed by atoms with van der Waals surface area (Å²) in [5, 5.41) is 0. The van der Waals surface area contributed by atoms with Crippen LogP contribution in [0.4, 0.5) is 14.5 Å². The molecule has 32 heavy (non-hydrogen) atoms. The highest BCUT2D eigenvalue weighted by Crippen LogP contribution is 2.32. The molecule has 1 amide bonds. The van der Waals surface area contributed by atoms with E-state index in [1.54, 1.807) is 28.5 Å². The van der Waals surface area contributed by atoms with Gasteiger partial charge in [-0.15, -0.1) is 0 Å². The molecule has 2 N–H and O–H groups in total. The number of halogens is 2. The summed E-state index contributed by atoms with van der Waals surface area (Å²) in [6.45, 7) is 10.3. The van der Waals surface area contributed by atoms with E-state index in [1.807, 2.05) is 0 Å². The molecule has 1 aliphatic rings. The number of amides is 1. The van der Waals surface area contributed by atoms with Crippen molar-refractivity contribution in [3.63, 3.8) is 0 Å². The van der Waals surface area contributed by atoms with Crippen LogP contribution < -0.4 is 10.5 Å². The second-order valence-corrected chi connectivity index (χ2v) is 7.61. The Kier molecular flexibility index (Phi) is 5.63. The first-order valence-electron chi connectivity index (χ1n) is 9.97. The number of aromatic nitrogens is 2. The summed E-state index contributed by atoms with van der Waals surface area (Å²) in [5.74, 6) is -0.954. The highest BCUT2D eigenvalue weighted by Gasteiger charge is 2.33. The number of rotatable bonds is 5. The molecule has 1 aromatic heterocycles. The summed E-state index contributed by atoms with van der Waals surface area (Å²) in [6, 6.07) is 8.46. The van der Waals surface area contributed by atoms with Crippen LogP contribution in [0.2, 0.25) is 0 Å². The van der Waals surface area contributed by atoms with E-state index < -0.39 is 11.6 Å². The van der Waals surface area contributed by atoms with Gasteiger partial charge in [0, 0.05) is 30.6 Å². The van der Waals surface area contributed by atoms with E-state index in [0.717, 1.165) is 0 Å². The molecule has 0 atom stereocenters. The van der Waals surface area contributed by atoms with Crippen LogP contribution in [0.15, 0.2) is 36.4 Å². The number of ether oxygens (including phenoxy) is 1. The lowest BCUT2D eigenvalue weighted by Crippen LogP contribution is -2.52. The number of likely N-dealkylation sites (tertiary alicyclic amines) is 1. The quantitative estimate of drug-likeness (QED) is 0.618. The van der Waals surface area contributed by atoms with Crippen LogP contribution in [0.25, 0.3) is 21.9 Å². The molecule has 7 nitrogen and oxygen atoms in total. The van der Waals surface area contributed by atoms with Crippen molar-refractivity contribution >= 4 is 11.6 Å². The second kappa shape index (κ2) is 8.40. The van der Waals surface area contributed by atoms with Crippen molar-refractivity contribution in [3.05, 3.63) is 70.8 Å². The molecule has 3 aromatic rings. The average molecular weight is 437 g/mol. The van der Waals surface area contributed by atoms with E-state index in [4.69, 9.17) is 17.0 Å². The van der Waals surface area contributed by atoms with E-state index in [2.05, 4.69) is 9.83 Å². The zero-order chi connectivity index (χ0) is 23.0. The molecule has 4 rings (SSSR count). The van der Waals surface area contributed by atoms with E-state index in [9.17, 15) is 13.6 Å². The molecule has 0 bridgehead atoms. The van der Waals surface area contributed by atoms with Gasteiger partial charge in [0.15, 0.2) is 11.6 Å². The molecule has 1 aliphatic heterocycles. The van der Waals surface area contributed by atoms with Crippen molar-refractivity contribution in [2.45, 2.75) is 6.92 Å². The minimum atomic E-state index is -0.702. The number of benzene rings is 2. The van der Waals surface area contributed by atoms with Gasteiger partial charge in [0.1, 0.15) is 17.3 Å². The van der Waals surface area contributed by atoms with Gasteiger partial charge in [0.2, 0.25) is 5.69 Å². The third-order valence-corrected chi connectivity index (χ3v) is 5.61. The molecule has 2 heterocycles. The first-order valence-corrected chi connectivity index (χ1v) is 9.97. The Morgan fingerprint density at radius 3 is 2.59 bits per heavy atom. The van der Waals surface area contributed by atoms with Crippen LogP contribution in [0.1, 0.15) is 16.2 Å². The van der Waals surface area contributed by atoms with Crippen molar-refractivity contribution in [1.82, 2.24) is 14.5 Å². The fraction of sp³-hybridized carbons (Fsp3) is 0.261. The van der Waals surface area contributed by atoms with E-state index in [1.165, 1.54) is 31.4 Å². The zero-order valence-corrected chi connectivity index (χ0v) is 17.6. The number of hydrogen-bond acceptors (Lipinski definition) is 4. The molecular formula is C23H21F2N5O2. The van der Waals surface area contributed by atoms with Crippen LogP contribution in [-0.4, -0.2) is 47.1 Å². The number of imidazole rings is 1. The Bertz CT molecular complexity index is 1240. The largest absolute Gasteiger partial charge is 0.494 e. The molecule has 0 aliphatic carbocycles. The Labute approximate surface area is 183 Å². The van der Waals surface area contributed by atoms with Gasteiger partial charge in [-0.3, -0.25) is 9.36 Å². The van der Waals surface area contributed by atoms with Gasteiger partial charge in [-0.1, -0.05) is 12.1 Å². The SMILES string of the molecule is [C-]#[N+]c1ccc(-c2nc(C(=O)N3CC(CN)C3)c(C)n2-c2ccc(OC)c(F)c2)cc1F. The Hall–Kier alpha value is -3.77. The lowest BCUT2D eigenvalue weighted by atomic mass is 10.00. The zero-order valence-electron chi connectivity index (χ0n) is 17.6. The minimum Gasteiger partial charge on any atom is -0.494 e. The summed E-state index contributed by atoms with van der Waals surface area (Å²) in [7, 11) is 1.37. The highest BCUT2D eigenvalue weighted by atomic mass is 19.1. The van der Waals surface area contributed by atoms with Crippen molar-refractivity contribution in [3.8, 4) is 22.8 Å². The van der Waals surface area contributed by atoms with Gasteiger partial charge in [0.25, 0.3) is 5.91 Å². The van der Waals surface area contributed by atoms with Crippen molar-refractivity contribution < 1.29 is 18.3 Å². The highest BCUT2D eigenvalue weighted by molar-refractivity contribution is 5.95. The third kappa shape index (κ3) is 3.59. The lowest BCUT2D eigenvalue weighted by molar-refractivity contribution is 0.0509. The predicted octanol–water partition coefficient (Wildman–Crippen LogP) is 3.72. The molecule has 1 saturated heterocycles. The van der Waals surface area contributed by atoms with Crippen LogP contribution in [0.5, 0.6) is 5.75 Å². The molecule has 0 radical (unpaired) electrons. The van der Waals surface area contributed by atoms with Crippen molar-refractivity contribution in [2.75, 3.05) is 26.7 Å². The fourth-order valence-electron chi connectivity index (χ4n) is 3.78. The van der Waals surface area contributed by atoms with Crippen LogP contribution in [0.3, 0.4) is 0 Å². The van der Waals surface area contributed by atoms with Crippen LogP contribution in [0, 0.1) is 31.0 Å². The summed E-state index contributed by atoms with van der Waals surface area (Å²) in [4.78, 5) is 22.4. The fourth-order valence-corrected chi connectivity index (χ4v) is 3.78. The normalized spacial score (nSPS) is 13.6. The Morgan fingerprint density at radius 2 is 2.00 bits per heavy atom. The molecule has 1 fully saturated rings. The number of methoxy groups -OCH3 is 1. The van der Waals surface area contributed by atoms with E-state index >= 15 is 0 Å². The molecule has 0 spiro atoms. The smallest absolute Gasteiger partial charge is 0.274 e. The monoisotopic (exact) mass is 437 g/mol. The van der Waals surface area contributed by atoms with Gasteiger partial charge in [0.05, 0.1) is 25.1 Å². The summed E-state index contributed by atoms with van der Waals surface area (Å²) < 4.78 is 35.4. The van der Waals surface area contributed by atoms with E-state index in [-0.39, 0.29) is 34.8 Å². The lowest BCUT2D eigenvalue weighted by Gasteiger charge is -2.38. The average Bonchev–Trinajstić information content (AvgIpc) is 3.09. The minimum absolute atomic E-state index is 0.0743. The second-order valence-electron chi connectivity index (χ2n) is 7.61. The summed E-state index contributed by atoms with van der Waals surface area (Å²) in [5.41, 5.74) is 6.98.